The molecule has 1 saturated carbocycles. The van der Waals surface area contributed by atoms with E-state index in [-0.39, 0.29) is 0 Å². The highest BCUT2D eigenvalue weighted by molar-refractivity contribution is 5.79. The predicted molar refractivity (Wildman–Crippen MR) is 70.7 cm³/mol. The Bertz CT molecular complexity index is 266. The van der Waals surface area contributed by atoms with Gasteiger partial charge < -0.3 is 4.90 Å². The van der Waals surface area contributed by atoms with Crippen LogP contribution in [0.5, 0.6) is 0 Å². The van der Waals surface area contributed by atoms with Gasteiger partial charge in [0.15, 0.2) is 0 Å². The van der Waals surface area contributed by atoms with Crippen molar-refractivity contribution < 1.29 is 0 Å². The van der Waals surface area contributed by atoms with Crippen LogP contribution < -0.4 is 11.3 Å². The van der Waals surface area contributed by atoms with E-state index in [2.05, 4.69) is 34.1 Å². The first-order valence-corrected chi connectivity index (χ1v) is 6.78. The van der Waals surface area contributed by atoms with E-state index in [0.29, 0.717) is 12.1 Å². The third kappa shape index (κ3) is 3.33. The largest absolute Gasteiger partial charge is 0.339 e. The Morgan fingerprint density at radius 1 is 1.35 bits per heavy atom. The van der Waals surface area contributed by atoms with Gasteiger partial charge in [0.2, 0.25) is 5.96 Å². The molecule has 17 heavy (non-hydrogen) atoms. The number of nitrogens with two attached hydrogens (primary N) is 1. The van der Waals surface area contributed by atoms with Crippen molar-refractivity contribution in [2.45, 2.75) is 45.2 Å². The maximum Gasteiger partial charge on any atom is 0.208 e. The summed E-state index contributed by atoms with van der Waals surface area (Å²) >= 11 is 0. The summed E-state index contributed by atoms with van der Waals surface area (Å²) in [6.45, 7) is 8.83. The first-order chi connectivity index (χ1) is 8.24. The Morgan fingerprint density at radius 3 is 2.47 bits per heavy atom. The summed E-state index contributed by atoms with van der Waals surface area (Å²) in [5.41, 5.74) is 2.76. The van der Waals surface area contributed by atoms with Gasteiger partial charge in [-0.15, -0.1) is 0 Å². The number of nitrogens with zero attached hydrogens (tertiary/aromatic N) is 3. The van der Waals surface area contributed by atoms with Crippen molar-refractivity contribution >= 4 is 5.96 Å². The Hall–Kier alpha value is -0.810. The lowest BCUT2D eigenvalue weighted by molar-refractivity contribution is 0.135. The number of guanidine groups is 1. The van der Waals surface area contributed by atoms with Gasteiger partial charge in [0.1, 0.15) is 0 Å². The highest BCUT2D eigenvalue weighted by Gasteiger charge is 2.25. The van der Waals surface area contributed by atoms with E-state index in [1.807, 2.05) is 0 Å². The number of rotatable bonds is 3. The van der Waals surface area contributed by atoms with Crippen LogP contribution in [0, 0.1) is 0 Å². The van der Waals surface area contributed by atoms with Crippen LogP contribution in [0.1, 0.15) is 33.1 Å². The second-order valence-electron chi connectivity index (χ2n) is 5.11. The van der Waals surface area contributed by atoms with Gasteiger partial charge in [-0.05, 0) is 26.2 Å². The summed E-state index contributed by atoms with van der Waals surface area (Å²) in [6.07, 6.45) is 3.66. The molecule has 0 spiro atoms. The minimum atomic E-state index is 0.522. The smallest absolute Gasteiger partial charge is 0.208 e. The van der Waals surface area contributed by atoms with E-state index < -0.39 is 0 Å². The minimum Gasteiger partial charge on any atom is -0.339 e. The third-order valence-electron chi connectivity index (χ3n) is 3.81. The highest BCUT2D eigenvalue weighted by atomic mass is 15.4. The fourth-order valence-corrected chi connectivity index (χ4v) is 2.22. The van der Waals surface area contributed by atoms with Crippen molar-refractivity contribution in [3.63, 3.8) is 0 Å². The van der Waals surface area contributed by atoms with E-state index >= 15 is 0 Å². The van der Waals surface area contributed by atoms with Crippen molar-refractivity contribution in [3.8, 4) is 0 Å². The molecule has 1 heterocycles. The molecule has 1 aliphatic carbocycles. The standard InChI is InChI=1S/C12H25N5/c1-3-10(2)16-6-8-17(9-7-16)12(15-13)14-11-4-5-11/h10-11H,3-9,13H2,1-2H3,(H,14,15). The molecular weight excluding hydrogens is 214 g/mol. The summed E-state index contributed by atoms with van der Waals surface area (Å²) in [4.78, 5) is 9.43. The van der Waals surface area contributed by atoms with Crippen LogP contribution in [0.25, 0.3) is 0 Å². The van der Waals surface area contributed by atoms with Crippen LogP contribution in [0.15, 0.2) is 4.99 Å². The highest BCUT2D eigenvalue weighted by Crippen LogP contribution is 2.23. The van der Waals surface area contributed by atoms with Crippen LogP contribution in [0.2, 0.25) is 0 Å². The molecular formula is C12H25N5. The quantitative estimate of drug-likeness (QED) is 0.324. The van der Waals surface area contributed by atoms with Gasteiger partial charge >= 0.3 is 0 Å². The van der Waals surface area contributed by atoms with Gasteiger partial charge in [0.25, 0.3) is 0 Å². The fourth-order valence-electron chi connectivity index (χ4n) is 2.22. The zero-order valence-electron chi connectivity index (χ0n) is 11.0. The summed E-state index contributed by atoms with van der Waals surface area (Å²) in [7, 11) is 0. The molecule has 2 rings (SSSR count). The van der Waals surface area contributed by atoms with Gasteiger partial charge in [-0.25, -0.2) is 10.8 Å². The lowest BCUT2D eigenvalue weighted by Gasteiger charge is -2.38. The van der Waals surface area contributed by atoms with Gasteiger partial charge in [0, 0.05) is 32.2 Å². The first-order valence-electron chi connectivity index (χ1n) is 6.78. The average molecular weight is 239 g/mol. The second kappa shape index (κ2) is 5.69. The number of aliphatic imine (C=N–C) groups is 1. The topological polar surface area (TPSA) is 56.9 Å². The molecule has 2 aliphatic rings. The molecule has 1 unspecified atom stereocenters. The summed E-state index contributed by atoms with van der Waals surface area (Å²) in [5.74, 6) is 6.45. The molecule has 0 aromatic heterocycles. The Kier molecular flexibility index (Phi) is 4.23. The average Bonchev–Trinajstić information content (AvgIpc) is 3.19. The van der Waals surface area contributed by atoms with Crippen LogP contribution in [-0.4, -0.2) is 54.0 Å². The molecule has 0 aromatic carbocycles. The maximum absolute atomic E-state index is 5.56. The predicted octanol–water partition coefficient (Wildman–Crippen LogP) is 0.384. The Morgan fingerprint density at radius 2 is 2.00 bits per heavy atom. The van der Waals surface area contributed by atoms with Gasteiger partial charge in [-0.2, -0.15) is 0 Å². The van der Waals surface area contributed by atoms with Crippen molar-refractivity contribution in [1.29, 1.82) is 0 Å². The van der Waals surface area contributed by atoms with E-state index in [0.717, 1.165) is 32.1 Å². The number of hydrazine groups is 1. The second-order valence-corrected chi connectivity index (χ2v) is 5.11. The first kappa shape index (κ1) is 12.6. The van der Waals surface area contributed by atoms with Crippen molar-refractivity contribution in [2.75, 3.05) is 26.2 Å². The third-order valence-corrected chi connectivity index (χ3v) is 3.81. The van der Waals surface area contributed by atoms with Crippen LogP contribution >= 0.6 is 0 Å². The minimum absolute atomic E-state index is 0.522. The zero-order chi connectivity index (χ0) is 12.3. The van der Waals surface area contributed by atoms with Crippen LogP contribution in [0.3, 0.4) is 0 Å². The van der Waals surface area contributed by atoms with Crippen LogP contribution in [0.4, 0.5) is 0 Å². The lowest BCUT2D eigenvalue weighted by Crippen LogP contribution is -2.55. The van der Waals surface area contributed by atoms with Gasteiger partial charge in [0.05, 0.1) is 6.04 Å². The van der Waals surface area contributed by atoms with E-state index in [9.17, 15) is 0 Å². The molecule has 5 nitrogen and oxygen atoms in total. The van der Waals surface area contributed by atoms with Gasteiger partial charge in [-0.3, -0.25) is 10.3 Å². The summed E-state index contributed by atoms with van der Waals surface area (Å²) in [5, 5.41) is 0. The number of nitrogens with one attached hydrogen (secondary N) is 1. The molecule has 0 aromatic rings. The molecule has 0 radical (unpaired) electrons. The van der Waals surface area contributed by atoms with Crippen LogP contribution in [-0.2, 0) is 0 Å². The Balaban J connectivity index is 1.84. The SMILES string of the molecule is CCC(C)N1CCN(C(=NC2CC2)NN)CC1. The molecule has 0 amide bonds. The van der Waals surface area contributed by atoms with Crippen molar-refractivity contribution in [3.05, 3.63) is 0 Å². The molecule has 1 saturated heterocycles. The van der Waals surface area contributed by atoms with E-state index in [4.69, 9.17) is 5.84 Å². The number of piperazine rings is 1. The lowest BCUT2D eigenvalue weighted by atomic mass is 10.2. The maximum atomic E-state index is 5.56. The van der Waals surface area contributed by atoms with E-state index in [1.165, 1.54) is 19.3 Å². The molecule has 0 bridgehead atoms. The summed E-state index contributed by atoms with van der Waals surface area (Å²) < 4.78 is 0. The summed E-state index contributed by atoms with van der Waals surface area (Å²) in [6, 6.07) is 1.21. The molecule has 1 aliphatic heterocycles. The fraction of sp³-hybridized carbons (Fsp3) is 0.917. The number of hydrogen-bond donors (Lipinski definition) is 2. The molecule has 3 N–H and O–H groups in total. The molecule has 98 valence electrons. The van der Waals surface area contributed by atoms with Crippen molar-refractivity contribution in [1.82, 2.24) is 15.2 Å². The van der Waals surface area contributed by atoms with E-state index in [1.54, 1.807) is 0 Å². The number of hydrogen-bond acceptors (Lipinski definition) is 3. The molecule has 5 heteroatoms. The zero-order valence-corrected chi connectivity index (χ0v) is 11.0. The Labute approximate surface area is 104 Å². The van der Waals surface area contributed by atoms with Crippen molar-refractivity contribution in [2.24, 2.45) is 10.8 Å². The molecule has 1 atom stereocenters. The normalized spacial score (nSPS) is 24.9. The molecule has 2 fully saturated rings. The van der Waals surface area contributed by atoms with Gasteiger partial charge in [-0.1, -0.05) is 6.92 Å². The monoisotopic (exact) mass is 239 g/mol.